The fourth-order valence-corrected chi connectivity index (χ4v) is 3.45. The van der Waals surface area contributed by atoms with Gasteiger partial charge in [0.15, 0.2) is 11.5 Å². The zero-order valence-corrected chi connectivity index (χ0v) is 15.0. The summed E-state index contributed by atoms with van der Waals surface area (Å²) in [5, 5.41) is 3.50. The average Bonchev–Trinajstić information content (AvgIpc) is 2.50. The van der Waals surface area contributed by atoms with Crippen molar-refractivity contribution in [3.05, 3.63) is 22.2 Å². The summed E-state index contributed by atoms with van der Waals surface area (Å²) in [5.74, 6) is 2.97. The Labute approximate surface area is 140 Å². The maximum atomic E-state index is 5.64. The van der Waals surface area contributed by atoms with Gasteiger partial charge < -0.3 is 14.8 Å². The highest BCUT2D eigenvalue weighted by molar-refractivity contribution is 9.10. The first-order valence-corrected chi connectivity index (χ1v) is 9.77. The minimum absolute atomic E-state index is 0.625. The van der Waals surface area contributed by atoms with Crippen LogP contribution in [-0.4, -0.2) is 31.8 Å². The molecule has 0 fully saturated rings. The van der Waals surface area contributed by atoms with Gasteiger partial charge in [0.25, 0.3) is 0 Å². The predicted molar refractivity (Wildman–Crippen MR) is 93.7 cm³/mol. The number of halogens is 1. The number of benzene rings is 1. The molecule has 1 aromatic carbocycles. The summed E-state index contributed by atoms with van der Waals surface area (Å²) in [4.78, 5) is 0. The maximum absolute atomic E-state index is 5.64. The number of hydrogen-bond acceptors (Lipinski definition) is 4. The maximum Gasteiger partial charge on any atom is 0.175 e. The lowest BCUT2D eigenvalue weighted by Crippen LogP contribution is -2.18. The molecule has 2 rings (SSSR count). The highest BCUT2D eigenvalue weighted by Crippen LogP contribution is 2.38. The van der Waals surface area contributed by atoms with Gasteiger partial charge in [-0.05, 0) is 65.0 Å². The van der Waals surface area contributed by atoms with Crippen molar-refractivity contribution < 1.29 is 9.47 Å². The lowest BCUT2D eigenvalue weighted by Gasteiger charge is -2.20. The summed E-state index contributed by atoms with van der Waals surface area (Å²) in [6.07, 6.45) is 7.43. The molecule has 0 spiro atoms. The SMILES string of the molecule is CSCCCCCCNCc1cc(Br)c2c(c1)OCCO2. The summed E-state index contributed by atoms with van der Waals surface area (Å²) in [7, 11) is 0. The van der Waals surface area contributed by atoms with Crippen LogP contribution >= 0.6 is 27.7 Å². The monoisotopic (exact) mass is 373 g/mol. The smallest absolute Gasteiger partial charge is 0.175 e. The second kappa shape index (κ2) is 9.59. The number of fused-ring (bicyclic) bond motifs is 1. The minimum Gasteiger partial charge on any atom is -0.486 e. The van der Waals surface area contributed by atoms with Gasteiger partial charge in [-0.2, -0.15) is 11.8 Å². The number of hydrogen-bond donors (Lipinski definition) is 1. The van der Waals surface area contributed by atoms with Gasteiger partial charge in [0.2, 0.25) is 0 Å². The van der Waals surface area contributed by atoms with Crippen molar-refractivity contribution in [2.24, 2.45) is 0 Å². The Morgan fingerprint density at radius 2 is 1.95 bits per heavy atom. The summed E-state index contributed by atoms with van der Waals surface area (Å²) < 4.78 is 12.2. The van der Waals surface area contributed by atoms with Gasteiger partial charge in [-0.1, -0.05) is 12.8 Å². The van der Waals surface area contributed by atoms with Crippen molar-refractivity contribution >= 4 is 27.7 Å². The van der Waals surface area contributed by atoms with Gasteiger partial charge in [0.1, 0.15) is 13.2 Å². The van der Waals surface area contributed by atoms with Crippen molar-refractivity contribution in [3.63, 3.8) is 0 Å². The second-order valence-electron chi connectivity index (χ2n) is 5.19. The summed E-state index contributed by atoms with van der Waals surface area (Å²) in [6.45, 7) is 3.21. The second-order valence-corrected chi connectivity index (χ2v) is 7.03. The topological polar surface area (TPSA) is 30.5 Å². The average molecular weight is 374 g/mol. The van der Waals surface area contributed by atoms with E-state index in [0.29, 0.717) is 13.2 Å². The Morgan fingerprint density at radius 1 is 1.14 bits per heavy atom. The molecule has 0 atom stereocenters. The third kappa shape index (κ3) is 5.72. The van der Waals surface area contributed by atoms with Crippen molar-refractivity contribution in [2.45, 2.75) is 32.2 Å². The molecule has 0 amide bonds. The first kappa shape index (κ1) is 17.0. The van der Waals surface area contributed by atoms with Gasteiger partial charge in [-0.25, -0.2) is 0 Å². The van der Waals surface area contributed by atoms with Crippen LogP contribution in [-0.2, 0) is 6.54 Å². The standard InChI is InChI=1S/C16H24BrNO2S/c1-21-9-5-3-2-4-6-18-12-13-10-14(17)16-15(11-13)19-7-8-20-16/h10-11,18H,2-9,12H2,1H3. The third-order valence-electron chi connectivity index (χ3n) is 3.44. The molecule has 0 bridgehead atoms. The van der Waals surface area contributed by atoms with Crippen LogP contribution in [0, 0.1) is 0 Å². The van der Waals surface area contributed by atoms with E-state index in [1.165, 1.54) is 37.0 Å². The Kier molecular flexibility index (Phi) is 7.75. The zero-order chi connectivity index (χ0) is 14.9. The van der Waals surface area contributed by atoms with E-state index in [1.807, 2.05) is 11.8 Å². The summed E-state index contributed by atoms with van der Waals surface area (Å²) in [5.41, 5.74) is 1.23. The van der Waals surface area contributed by atoms with Crippen LogP contribution in [0.2, 0.25) is 0 Å². The van der Waals surface area contributed by atoms with Gasteiger partial charge in [-0.3, -0.25) is 0 Å². The first-order chi connectivity index (χ1) is 10.3. The van der Waals surface area contributed by atoms with Gasteiger partial charge in [-0.15, -0.1) is 0 Å². The lowest BCUT2D eigenvalue weighted by atomic mass is 10.1. The molecule has 0 saturated carbocycles. The van der Waals surface area contributed by atoms with E-state index in [1.54, 1.807) is 0 Å². The Bertz CT molecular complexity index is 443. The van der Waals surface area contributed by atoms with E-state index in [2.05, 4.69) is 39.6 Å². The fraction of sp³-hybridized carbons (Fsp3) is 0.625. The van der Waals surface area contributed by atoms with Crippen molar-refractivity contribution in [1.29, 1.82) is 0 Å². The fourth-order valence-electron chi connectivity index (χ4n) is 2.35. The van der Waals surface area contributed by atoms with Crippen LogP contribution in [0.3, 0.4) is 0 Å². The molecule has 5 heteroatoms. The largest absolute Gasteiger partial charge is 0.486 e. The number of unbranched alkanes of at least 4 members (excludes halogenated alkanes) is 3. The molecule has 0 saturated heterocycles. The summed E-state index contributed by atoms with van der Waals surface area (Å²) >= 11 is 5.49. The molecule has 0 radical (unpaired) electrons. The van der Waals surface area contributed by atoms with E-state index < -0.39 is 0 Å². The number of rotatable bonds is 9. The number of nitrogens with one attached hydrogen (secondary N) is 1. The highest BCUT2D eigenvalue weighted by atomic mass is 79.9. The van der Waals surface area contributed by atoms with E-state index in [4.69, 9.17) is 9.47 Å². The van der Waals surface area contributed by atoms with Crippen LogP contribution in [0.5, 0.6) is 11.5 Å². The van der Waals surface area contributed by atoms with Crippen LogP contribution in [0.25, 0.3) is 0 Å². The van der Waals surface area contributed by atoms with Crippen molar-refractivity contribution in [2.75, 3.05) is 31.8 Å². The quantitative estimate of drug-likeness (QED) is 0.656. The zero-order valence-electron chi connectivity index (χ0n) is 12.6. The van der Waals surface area contributed by atoms with E-state index in [0.717, 1.165) is 29.1 Å². The first-order valence-electron chi connectivity index (χ1n) is 7.59. The van der Waals surface area contributed by atoms with Gasteiger partial charge in [0.05, 0.1) is 4.47 Å². The van der Waals surface area contributed by atoms with Crippen molar-refractivity contribution in [3.8, 4) is 11.5 Å². The molecule has 1 aromatic rings. The van der Waals surface area contributed by atoms with Crippen LogP contribution in [0.1, 0.15) is 31.2 Å². The highest BCUT2D eigenvalue weighted by Gasteiger charge is 2.15. The molecule has 21 heavy (non-hydrogen) atoms. The Morgan fingerprint density at radius 3 is 2.81 bits per heavy atom. The molecule has 0 unspecified atom stereocenters. The van der Waals surface area contributed by atoms with Gasteiger partial charge in [0, 0.05) is 6.54 Å². The van der Waals surface area contributed by atoms with E-state index in [9.17, 15) is 0 Å². The predicted octanol–water partition coefficient (Wildman–Crippen LogP) is 4.23. The van der Waals surface area contributed by atoms with Crippen molar-refractivity contribution in [1.82, 2.24) is 5.32 Å². The van der Waals surface area contributed by atoms with E-state index >= 15 is 0 Å². The molecule has 1 aliphatic rings. The molecular weight excluding hydrogens is 350 g/mol. The molecule has 0 aromatic heterocycles. The molecule has 0 aliphatic carbocycles. The third-order valence-corrected chi connectivity index (χ3v) is 4.72. The van der Waals surface area contributed by atoms with E-state index in [-0.39, 0.29) is 0 Å². The lowest BCUT2D eigenvalue weighted by molar-refractivity contribution is 0.170. The molecule has 3 nitrogen and oxygen atoms in total. The van der Waals surface area contributed by atoms with Crippen LogP contribution in [0.4, 0.5) is 0 Å². The normalized spacial score (nSPS) is 13.4. The molecule has 1 N–H and O–H groups in total. The minimum atomic E-state index is 0.625. The van der Waals surface area contributed by atoms with Crippen LogP contribution in [0.15, 0.2) is 16.6 Å². The Balaban J connectivity index is 1.68. The molecular formula is C16H24BrNO2S. The molecule has 1 aliphatic heterocycles. The summed E-state index contributed by atoms with van der Waals surface area (Å²) in [6, 6.07) is 4.18. The van der Waals surface area contributed by atoms with Crippen LogP contribution < -0.4 is 14.8 Å². The van der Waals surface area contributed by atoms with Gasteiger partial charge >= 0.3 is 0 Å². The molecule has 118 valence electrons. The Hall–Kier alpha value is -0.390. The number of thioether (sulfide) groups is 1. The molecule has 1 heterocycles. The number of ether oxygens (including phenoxy) is 2.